The lowest BCUT2D eigenvalue weighted by atomic mass is 10.1. The minimum absolute atomic E-state index is 0.137. The van der Waals surface area contributed by atoms with Crippen LogP contribution in [-0.2, 0) is 16.4 Å². The predicted octanol–water partition coefficient (Wildman–Crippen LogP) is 0.858. The predicted molar refractivity (Wildman–Crippen MR) is 58.3 cm³/mol. The monoisotopic (exact) mass is 266 g/mol. The molecule has 0 atom stereocenters. The molecular formula is C9H12F2N2O3S. The van der Waals surface area contributed by atoms with Crippen molar-refractivity contribution in [2.24, 2.45) is 0 Å². The Morgan fingerprint density at radius 2 is 1.82 bits per heavy atom. The number of hydrogen-bond acceptors (Lipinski definition) is 4. The van der Waals surface area contributed by atoms with Gasteiger partial charge in [-0.05, 0) is 24.1 Å². The highest BCUT2D eigenvalue weighted by Crippen LogP contribution is 2.21. The van der Waals surface area contributed by atoms with Crippen LogP contribution in [0.2, 0.25) is 0 Å². The lowest BCUT2D eigenvalue weighted by molar-refractivity contribution is 0.168. The Labute approximate surface area is 97.5 Å². The molecule has 0 amide bonds. The van der Waals surface area contributed by atoms with Gasteiger partial charge in [-0.2, -0.15) is 0 Å². The summed E-state index contributed by atoms with van der Waals surface area (Å²) in [5.41, 5.74) is 1.46. The second kappa shape index (κ2) is 5.39. The van der Waals surface area contributed by atoms with Crippen molar-refractivity contribution in [1.82, 2.24) is 5.48 Å². The summed E-state index contributed by atoms with van der Waals surface area (Å²) in [6, 6.07) is 2.02. The molecule has 1 rings (SSSR count). The minimum atomic E-state index is -3.73. The number of rotatable bonds is 5. The van der Waals surface area contributed by atoms with E-state index >= 15 is 0 Å². The number of hydroxylamine groups is 1. The normalized spacial score (nSPS) is 11.5. The van der Waals surface area contributed by atoms with Gasteiger partial charge in [0.2, 0.25) is 10.0 Å². The number of benzene rings is 1. The highest BCUT2D eigenvalue weighted by atomic mass is 32.2. The summed E-state index contributed by atoms with van der Waals surface area (Å²) in [6.07, 6.45) is 1.01. The molecule has 0 aliphatic rings. The van der Waals surface area contributed by atoms with Gasteiger partial charge in [-0.3, -0.25) is 4.72 Å². The maximum atomic E-state index is 13.4. The summed E-state index contributed by atoms with van der Waals surface area (Å²) < 4.78 is 50.3. The fraction of sp³-hybridized carbons (Fsp3) is 0.333. The van der Waals surface area contributed by atoms with Crippen LogP contribution >= 0.6 is 0 Å². The van der Waals surface area contributed by atoms with E-state index in [1.54, 1.807) is 4.72 Å². The number of nitrogens with one attached hydrogen (secondary N) is 2. The summed E-state index contributed by atoms with van der Waals surface area (Å²) in [4.78, 5) is 0. The lowest BCUT2D eigenvalue weighted by Gasteiger charge is -2.09. The Hall–Kier alpha value is -1.25. The quantitative estimate of drug-likeness (QED) is 0.691. The molecule has 1 aromatic rings. The van der Waals surface area contributed by atoms with E-state index in [1.807, 2.05) is 5.48 Å². The molecule has 0 unspecified atom stereocenters. The van der Waals surface area contributed by atoms with Crippen LogP contribution < -0.4 is 10.2 Å². The van der Waals surface area contributed by atoms with Gasteiger partial charge in [0, 0.05) is 6.54 Å². The second-order valence-corrected chi connectivity index (χ2v) is 5.22. The number of halogens is 2. The average molecular weight is 266 g/mol. The van der Waals surface area contributed by atoms with Crippen molar-refractivity contribution < 1.29 is 22.4 Å². The summed E-state index contributed by atoms with van der Waals surface area (Å²) in [5, 5.41) is 8.34. The first kappa shape index (κ1) is 13.8. The van der Waals surface area contributed by atoms with Gasteiger partial charge in [-0.1, -0.05) is 0 Å². The number of hydrogen-bond donors (Lipinski definition) is 3. The van der Waals surface area contributed by atoms with Crippen LogP contribution in [0.3, 0.4) is 0 Å². The highest BCUT2D eigenvalue weighted by molar-refractivity contribution is 7.92. The van der Waals surface area contributed by atoms with E-state index in [-0.39, 0.29) is 13.0 Å². The van der Waals surface area contributed by atoms with Crippen molar-refractivity contribution in [1.29, 1.82) is 0 Å². The standard InChI is InChI=1S/C9H12F2N2O3S/c1-17(15,16)13-9-7(10)4-6(2-3-12-14)5-8(9)11/h4-5,12-14H,2-3H2,1H3. The first-order valence-electron chi connectivity index (χ1n) is 4.66. The van der Waals surface area contributed by atoms with E-state index in [9.17, 15) is 17.2 Å². The third kappa shape index (κ3) is 4.25. The number of anilines is 1. The molecule has 1 aromatic carbocycles. The van der Waals surface area contributed by atoms with Crippen LogP contribution in [0, 0.1) is 11.6 Å². The van der Waals surface area contributed by atoms with E-state index in [0.29, 0.717) is 5.56 Å². The molecule has 0 bridgehead atoms. The van der Waals surface area contributed by atoms with Crippen LogP contribution in [0.15, 0.2) is 12.1 Å². The first-order valence-corrected chi connectivity index (χ1v) is 6.55. The molecule has 17 heavy (non-hydrogen) atoms. The van der Waals surface area contributed by atoms with Gasteiger partial charge in [-0.25, -0.2) is 22.7 Å². The molecule has 0 aliphatic carbocycles. The smallest absolute Gasteiger partial charge is 0.230 e. The van der Waals surface area contributed by atoms with Gasteiger partial charge >= 0.3 is 0 Å². The zero-order valence-corrected chi connectivity index (χ0v) is 9.81. The zero-order valence-electron chi connectivity index (χ0n) is 9.00. The molecule has 0 saturated heterocycles. The second-order valence-electron chi connectivity index (χ2n) is 3.47. The van der Waals surface area contributed by atoms with Crippen LogP contribution in [0.25, 0.3) is 0 Å². The maximum Gasteiger partial charge on any atom is 0.230 e. The third-order valence-corrected chi connectivity index (χ3v) is 2.49. The Morgan fingerprint density at radius 1 is 1.29 bits per heavy atom. The Bertz CT molecular complexity index is 482. The highest BCUT2D eigenvalue weighted by Gasteiger charge is 2.14. The van der Waals surface area contributed by atoms with Gasteiger partial charge in [-0.15, -0.1) is 0 Å². The van der Waals surface area contributed by atoms with Crippen molar-refractivity contribution >= 4 is 15.7 Å². The molecule has 0 radical (unpaired) electrons. The van der Waals surface area contributed by atoms with Crippen molar-refractivity contribution in [3.63, 3.8) is 0 Å². The molecule has 5 nitrogen and oxygen atoms in total. The van der Waals surface area contributed by atoms with E-state index in [1.165, 1.54) is 0 Å². The fourth-order valence-corrected chi connectivity index (χ4v) is 1.82. The van der Waals surface area contributed by atoms with Gasteiger partial charge in [0.25, 0.3) is 0 Å². The molecule has 0 aliphatic heterocycles. The van der Waals surface area contributed by atoms with Gasteiger partial charge in [0.15, 0.2) is 11.6 Å². The summed E-state index contributed by atoms with van der Waals surface area (Å²) in [6.45, 7) is 0.137. The molecule has 0 spiro atoms. The first-order chi connectivity index (χ1) is 7.83. The lowest BCUT2D eigenvalue weighted by Crippen LogP contribution is -2.14. The van der Waals surface area contributed by atoms with Gasteiger partial charge < -0.3 is 5.21 Å². The minimum Gasteiger partial charge on any atom is -0.317 e. The molecule has 0 saturated carbocycles. The molecule has 3 N–H and O–H groups in total. The summed E-state index contributed by atoms with van der Waals surface area (Å²) >= 11 is 0. The molecule has 0 fully saturated rings. The largest absolute Gasteiger partial charge is 0.317 e. The van der Waals surface area contributed by atoms with Gasteiger partial charge in [0.05, 0.1) is 6.26 Å². The maximum absolute atomic E-state index is 13.4. The third-order valence-electron chi connectivity index (χ3n) is 1.91. The molecule has 0 aromatic heterocycles. The molecule has 0 heterocycles. The van der Waals surface area contributed by atoms with Crippen LogP contribution in [0.1, 0.15) is 5.56 Å². The van der Waals surface area contributed by atoms with Crippen LogP contribution in [0.4, 0.5) is 14.5 Å². The Morgan fingerprint density at radius 3 is 2.24 bits per heavy atom. The Balaban J connectivity index is 3.02. The summed E-state index contributed by atoms with van der Waals surface area (Å²) in [7, 11) is -3.73. The number of sulfonamides is 1. The van der Waals surface area contributed by atoms with Crippen molar-refractivity contribution in [2.45, 2.75) is 6.42 Å². The molecular weight excluding hydrogens is 254 g/mol. The van der Waals surface area contributed by atoms with Crippen LogP contribution in [-0.4, -0.2) is 26.4 Å². The van der Waals surface area contributed by atoms with Crippen LogP contribution in [0.5, 0.6) is 0 Å². The SMILES string of the molecule is CS(=O)(=O)Nc1c(F)cc(CCNO)cc1F. The fourth-order valence-electron chi connectivity index (χ4n) is 1.25. The average Bonchev–Trinajstić information content (AvgIpc) is 2.19. The van der Waals surface area contributed by atoms with E-state index < -0.39 is 27.3 Å². The topological polar surface area (TPSA) is 78.4 Å². The van der Waals surface area contributed by atoms with E-state index in [4.69, 9.17) is 5.21 Å². The zero-order chi connectivity index (χ0) is 13.1. The van der Waals surface area contributed by atoms with E-state index in [0.717, 1.165) is 18.4 Å². The van der Waals surface area contributed by atoms with E-state index in [2.05, 4.69) is 0 Å². The van der Waals surface area contributed by atoms with Crippen molar-refractivity contribution in [3.05, 3.63) is 29.3 Å². The van der Waals surface area contributed by atoms with Gasteiger partial charge in [0.1, 0.15) is 5.69 Å². The van der Waals surface area contributed by atoms with Crippen molar-refractivity contribution in [2.75, 3.05) is 17.5 Å². The summed E-state index contributed by atoms with van der Waals surface area (Å²) in [5.74, 6) is -1.99. The Kier molecular flexibility index (Phi) is 4.38. The molecule has 96 valence electrons. The van der Waals surface area contributed by atoms with Crippen molar-refractivity contribution in [3.8, 4) is 0 Å². The molecule has 8 heteroatoms.